The second-order valence-corrected chi connectivity index (χ2v) is 8.35. The highest BCUT2D eigenvalue weighted by atomic mass is 19.1. The SMILES string of the molecule is CCC(NC(=O)c1ccc(C#N)cc1)[C@H]1CC[C@@H](c2ccnc3ccc(F)cc32)CC1. The Labute approximate surface area is 182 Å². The minimum atomic E-state index is -0.230. The van der Waals surface area contributed by atoms with Crippen molar-refractivity contribution >= 4 is 16.8 Å². The molecule has 1 aliphatic carbocycles. The molecule has 4 nitrogen and oxygen atoms in total. The number of hydrogen-bond acceptors (Lipinski definition) is 3. The molecule has 1 atom stereocenters. The second-order valence-electron chi connectivity index (χ2n) is 8.35. The molecule has 0 saturated heterocycles. The largest absolute Gasteiger partial charge is 0.349 e. The van der Waals surface area contributed by atoms with Gasteiger partial charge in [0.1, 0.15) is 5.82 Å². The van der Waals surface area contributed by atoms with Crippen LogP contribution >= 0.6 is 0 Å². The highest BCUT2D eigenvalue weighted by Gasteiger charge is 2.29. The molecule has 0 bridgehead atoms. The summed E-state index contributed by atoms with van der Waals surface area (Å²) in [7, 11) is 0. The van der Waals surface area contributed by atoms with Crippen LogP contribution in [0.25, 0.3) is 10.9 Å². The monoisotopic (exact) mass is 415 g/mol. The fourth-order valence-corrected chi connectivity index (χ4v) is 4.83. The Kier molecular flexibility index (Phi) is 6.27. The Morgan fingerprint density at radius 1 is 1.16 bits per heavy atom. The normalized spacial score (nSPS) is 19.5. The first-order chi connectivity index (χ1) is 15.1. The molecule has 4 rings (SSSR count). The van der Waals surface area contributed by atoms with E-state index in [0.717, 1.165) is 43.0 Å². The minimum absolute atomic E-state index is 0.0888. The third-order valence-electron chi connectivity index (χ3n) is 6.55. The molecule has 0 spiro atoms. The van der Waals surface area contributed by atoms with E-state index in [1.807, 2.05) is 12.3 Å². The maximum atomic E-state index is 13.8. The van der Waals surface area contributed by atoms with Gasteiger partial charge >= 0.3 is 0 Å². The lowest BCUT2D eigenvalue weighted by molar-refractivity contribution is 0.0909. The van der Waals surface area contributed by atoms with Crippen LogP contribution in [0.1, 0.15) is 66.4 Å². The summed E-state index contributed by atoms with van der Waals surface area (Å²) in [6.45, 7) is 2.11. The third kappa shape index (κ3) is 4.59. The molecule has 1 unspecified atom stereocenters. The van der Waals surface area contributed by atoms with Crippen molar-refractivity contribution in [2.24, 2.45) is 5.92 Å². The molecule has 0 radical (unpaired) electrons. The summed E-state index contributed by atoms with van der Waals surface area (Å²) in [5.74, 6) is 0.491. The van der Waals surface area contributed by atoms with Crippen LogP contribution in [0.4, 0.5) is 4.39 Å². The fourth-order valence-electron chi connectivity index (χ4n) is 4.83. The van der Waals surface area contributed by atoms with Gasteiger partial charge in [-0.2, -0.15) is 5.26 Å². The van der Waals surface area contributed by atoms with Crippen LogP contribution in [-0.4, -0.2) is 16.9 Å². The van der Waals surface area contributed by atoms with E-state index in [9.17, 15) is 9.18 Å². The summed E-state index contributed by atoms with van der Waals surface area (Å²) < 4.78 is 13.8. The second kappa shape index (κ2) is 9.26. The topological polar surface area (TPSA) is 65.8 Å². The van der Waals surface area contributed by atoms with Crippen LogP contribution in [0.2, 0.25) is 0 Å². The predicted octanol–water partition coefficient (Wildman–Crippen LogP) is 5.73. The van der Waals surface area contributed by atoms with Crippen molar-refractivity contribution in [2.75, 3.05) is 0 Å². The van der Waals surface area contributed by atoms with Crippen LogP contribution in [0.5, 0.6) is 0 Å². The molecule has 3 aromatic rings. The van der Waals surface area contributed by atoms with E-state index in [0.29, 0.717) is 23.0 Å². The van der Waals surface area contributed by atoms with Gasteiger partial charge in [0.25, 0.3) is 5.91 Å². The number of fused-ring (bicyclic) bond motifs is 1. The quantitative estimate of drug-likeness (QED) is 0.579. The Hall–Kier alpha value is -3.26. The van der Waals surface area contributed by atoms with Crippen molar-refractivity contribution in [3.63, 3.8) is 0 Å². The zero-order valence-electron chi connectivity index (χ0n) is 17.6. The summed E-state index contributed by atoms with van der Waals surface area (Å²) in [4.78, 5) is 17.1. The minimum Gasteiger partial charge on any atom is -0.349 e. The lowest BCUT2D eigenvalue weighted by Crippen LogP contribution is -2.41. The Balaban J connectivity index is 1.42. The molecule has 1 amide bonds. The van der Waals surface area contributed by atoms with Crippen LogP contribution in [0.3, 0.4) is 0 Å². The lowest BCUT2D eigenvalue weighted by atomic mass is 9.75. The van der Waals surface area contributed by atoms with Crippen LogP contribution in [-0.2, 0) is 0 Å². The number of amides is 1. The van der Waals surface area contributed by atoms with Gasteiger partial charge in [-0.1, -0.05) is 6.92 Å². The van der Waals surface area contributed by atoms with Crippen LogP contribution < -0.4 is 5.32 Å². The molecule has 0 aliphatic heterocycles. The molecular formula is C26H26FN3O. The van der Waals surface area contributed by atoms with Crippen LogP contribution in [0, 0.1) is 23.1 Å². The van der Waals surface area contributed by atoms with E-state index in [4.69, 9.17) is 5.26 Å². The molecule has 1 aliphatic rings. The summed E-state index contributed by atoms with van der Waals surface area (Å²) in [5, 5.41) is 13.0. The molecular weight excluding hydrogens is 389 g/mol. The van der Waals surface area contributed by atoms with Crippen molar-refractivity contribution in [3.05, 3.63) is 77.2 Å². The highest BCUT2D eigenvalue weighted by molar-refractivity contribution is 5.94. The third-order valence-corrected chi connectivity index (χ3v) is 6.55. The highest BCUT2D eigenvalue weighted by Crippen LogP contribution is 2.39. The molecule has 158 valence electrons. The molecule has 5 heteroatoms. The van der Waals surface area contributed by atoms with Gasteiger partial charge in [-0.3, -0.25) is 9.78 Å². The average molecular weight is 416 g/mol. The number of benzene rings is 2. The predicted molar refractivity (Wildman–Crippen MR) is 119 cm³/mol. The maximum absolute atomic E-state index is 13.8. The number of hydrogen-bond donors (Lipinski definition) is 1. The van der Waals surface area contributed by atoms with Crippen molar-refractivity contribution in [3.8, 4) is 6.07 Å². The zero-order chi connectivity index (χ0) is 21.8. The number of carbonyl (C=O) groups excluding carboxylic acids is 1. The van der Waals surface area contributed by atoms with E-state index >= 15 is 0 Å². The van der Waals surface area contributed by atoms with Gasteiger partial charge in [-0.25, -0.2) is 4.39 Å². The van der Waals surface area contributed by atoms with E-state index in [2.05, 4.69) is 23.3 Å². The Bertz CT molecular complexity index is 1110. The smallest absolute Gasteiger partial charge is 0.251 e. The number of rotatable bonds is 5. The van der Waals surface area contributed by atoms with Crippen molar-refractivity contribution in [1.29, 1.82) is 5.26 Å². The molecule has 2 aromatic carbocycles. The number of nitrogens with one attached hydrogen (secondary N) is 1. The average Bonchev–Trinajstić information content (AvgIpc) is 2.82. The van der Waals surface area contributed by atoms with Gasteiger partial charge in [-0.05, 0) is 98.0 Å². The number of pyridine rings is 1. The van der Waals surface area contributed by atoms with Gasteiger partial charge in [0, 0.05) is 23.2 Å². The van der Waals surface area contributed by atoms with Gasteiger partial charge in [-0.15, -0.1) is 0 Å². The first-order valence-electron chi connectivity index (χ1n) is 10.9. The lowest BCUT2D eigenvalue weighted by Gasteiger charge is -2.34. The molecule has 1 fully saturated rings. The van der Waals surface area contributed by atoms with Gasteiger partial charge < -0.3 is 5.32 Å². The van der Waals surface area contributed by atoms with E-state index < -0.39 is 0 Å². The van der Waals surface area contributed by atoms with Crippen molar-refractivity contribution < 1.29 is 9.18 Å². The van der Waals surface area contributed by atoms with E-state index in [-0.39, 0.29) is 17.8 Å². The van der Waals surface area contributed by atoms with Gasteiger partial charge in [0.15, 0.2) is 0 Å². The van der Waals surface area contributed by atoms with E-state index in [1.165, 1.54) is 11.6 Å². The number of nitriles is 1. The Morgan fingerprint density at radius 2 is 1.90 bits per heavy atom. The summed E-state index contributed by atoms with van der Waals surface area (Å²) >= 11 is 0. The summed E-state index contributed by atoms with van der Waals surface area (Å²) in [5.41, 5.74) is 3.14. The fraction of sp³-hybridized carbons (Fsp3) is 0.346. The molecule has 1 heterocycles. The van der Waals surface area contributed by atoms with Crippen molar-refractivity contribution in [2.45, 2.75) is 51.0 Å². The Morgan fingerprint density at radius 3 is 2.58 bits per heavy atom. The number of aromatic nitrogens is 1. The molecule has 31 heavy (non-hydrogen) atoms. The first kappa shape index (κ1) is 21.0. The van der Waals surface area contributed by atoms with E-state index in [1.54, 1.807) is 36.4 Å². The molecule has 1 N–H and O–H groups in total. The van der Waals surface area contributed by atoms with Gasteiger partial charge in [0.05, 0.1) is 17.1 Å². The van der Waals surface area contributed by atoms with Crippen LogP contribution in [0.15, 0.2) is 54.7 Å². The number of nitrogens with zero attached hydrogens (tertiary/aromatic N) is 2. The van der Waals surface area contributed by atoms with Crippen molar-refractivity contribution in [1.82, 2.24) is 10.3 Å². The number of halogens is 1. The molecule has 1 saturated carbocycles. The summed E-state index contributed by atoms with van der Waals surface area (Å²) in [6, 6.07) is 15.7. The molecule has 1 aromatic heterocycles. The standard InChI is InChI=1S/C26H26FN3O/c1-2-24(30-26(31)20-5-3-17(16-28)4-6-20)19-9-7-18(8-10-19)22-13-14-29-25-12-11-21(27)15-23(22)25/h3-6,11-15,18-19,24H,2,7-10H2,1H3,(H,30,31)/t18-,19+,24?. The van der Waals surface area contributed by atoms with Gasteiger partial charge in [0.2, 0.25) is 0 Å². The maximum Gasteiger partial charge on any atom is 0.251 e. The number of carbonyl (C=O) groups is 1. The summed E-state index contributed by atoms with van der Waals surface area (Å²) in [6.07, 6.45) is 6.77. The zero-order valence-corrected chi connectivity index (χ0v) is 17.6. The first-order valence-corrected chi connectivity index (χ1v) is 10.9.